The van der Waals surface area contributed by atoms with Gasteiger partial charge in [-0.05, 0) is 12.3 Å². The number of allylic oxidation sites excluding steroid dienone is 1. The highest BCUT2D eigenvalue weighted by Crippen LogP contribution is 2.26. The highest BCUT2D eigenvalue weighted by Gasteiger charge is 2.22. The molecule has 0 bridgehead atoms. The van der Waals surface area contributed by atoms with Crippen LogP contribution in [0.2, 0.25) is 0 Å². The van der Waals surface area contributed by atoms with E-state index in [9.17, 15) is 19.5 Å². The summed E-state index contributed by atoms with van der Waals surface area (Å²) in [5.74, 6) is -0.948. The molecule has 0 spiro atoms. The fourth-order valence-corrected chi connectivity index (χ4v) is 1.75. The van der Waals surface area contributed by atoms with E-state index >= 15 is 0 Å². The summed E-state index contributed by atoms with van der Waals surface area (Å²) in [5, 5.41) is 11.6. The first kappa shape index (κ1) is 13.3. The van der Waals surface area contributed by atoms with Crippen LogP contribution in [0.25, 0.3) is 0 Å². The van der Waals surface area contributed by atoms with Gasteiger partial charge in [0.25, 0.3) is 0 Å². The second-order valence-corrected chi connectivity index (χ2v) is 5.11. The van der Waals surface area contributed by atoms with Crippen molar-refractivity contribution in [2.75, 3.05) is 25.8 Å². The van der Waals surface area contributed by atoms with Crippen molar-refractivity contribution in [2.24, 2.45) is 0 Å². The summed E-state index contributed by atoms with van der Waals surface area (Å²) in [6.07, 6.45) is 2.15. The monoisotopic (exact) mass is 248 g/mol. The molecule has 1 fully saturated rings. The molecule has 0 aromatic rings. The number of aliphatic carboxylic acids is 1. The minimum Gasteiger partial charge on any atom is -0.687 e. The largest absolute Gasteiger partial charge is 0.687 e. The molecule has 1 rings (SSSR count). The van der Waals surface area contributed by atoms with E-state index in [4.69, 9.17) is 5.11 Å². The Morgan fingerprint density at radius 2 is 2.25 bits per heavy atom. The summed E-state index contributed by atoms with van der Waals surface area (Å²) in [7, 11) is -4.51. The molecule has 16 heavy (non-hydrogen) atoms. The number of hydrogen-bond acceptors (Lipinski definition) is 6. The molecule has 2 N–H and O–H groups in total. The molecule has 1 unspecified atom stereocenters. The van der Waals surface area contributed by atoms with Crippen LogP contribution < -0.4 is 20.0 Å². The summed E-state index contributed by atoms with van der Waals surface area (Å²) in [4.78, 5) is 43.4. The van der Waals surface area contributed by atoms with Gasteiger partial charge in [-0.15, -0.1) is 0 Å². The smallest absolute Gasteiger partial charge is 0.322 e. The summed E-state index contributed by atoms with van der Waals surface area (Å²) in [6, 6.07) is -0.662. The van der Waals surface area contributed by atoms with Gasteiger partial charge in [-0.2, -0.15) is 7.94 Å². The van der Waals surface area contributed by atoms with Gasteiger partial charge in [-0.3, -0.25) is 4.79 Å². The fraction of sp³-hybridized carbons (Fsp3) is 0.625. The molecule has 92 valence electrons. The highest BCUT2D eigenvalue weighted by atomic mass is 31.2. The van der Waals surface area contributed by atoms with Gasteiger partial charge in [0, 0.05) is 19.6 Å². The van der Waals surface area contributed by atoms with E-state index in [1.807, 2.05) is 0 Å². The van der Waals surface area contributed by atoms with E-state index in [0.717, 1.165) is 0 Å². The maximum atomic E-state index is 10.7. The van der Waals surface area contributed by atoms with Gasteiger partial charge in [0.15, 0.2) is 0 Å². The zero-order valence-electron chi connectivity index (χ0n) is 8.54. The third kappa shape index (κ3) is 4.87. The Morgan fingerprint density at radius 1 is 1.56 bits per heavy atom. The lowest BCUT2D eigenvalue weighted by Gasteiger charge is -2.41. The lowest BCUT2D eigenvalue weighted by molar-refractivity contribution is -0.426. The third-order valence-corrected chi connectivity index (χ3v) is 2.81. The third-order valence-electron chi connectivity index (χ3n) is 2.15. The molecule has 0 saturated carbocycles. The molecule has 0 aromatic carbocycles. The van der Waals surface area contributed by atoms with Crippen molar-refractivity contribution in [3.05, 3.63) is 12.3 Å². The van der Waals surface area contributed by atoms with Crippen LogP contribution in [0.3, 0.4) is 0 Å². The fourth-order valence-electron chi connectivity index (χ4n) is 1.40. The van der Waals surface area contributed by atoms with Crippen LogP contribution in [-0.2, 0) is 4.79 Å². The SMILES string of the molecule is O=C(O)C1CN(/C=C/C[P+]([O-])([O-])[O-])CCN1. The van der Waals surface area contributed by atoms with Gasteiger partial charge in [0.2, 0.25) is 0 Å². The minimum atomic E-state index is -4.51. The zero-order valence-corrected chi connectivity index (χ0v) is 9.43. The van der Waals surface area contributed by atoms with E-state index < -0.39 is 26.1 Å². The van der Waals surface area contributed by atoms with Crippen LogP contribution in [-0.4, -0.2) is 47.8 Å². The lowest BCUT2D eigenvalue weighted by atomic mass is 10.2. The molecule has 0 aromatic heterocycles. The Bertz CT molecular complexity index is 278. The highest BCUT2D eigenvalue weighted by molar-refractivity contribution is 7.54. The van der Waals surface area contributed by atoms with Gasteiger partial charge in [0.05, 0.1) is 6.16 Å². The maximum absolute atomic E-state index is 10.7. The number of carboxylic acid groups (broad SMARTS) is 1. The van der Waals surface area contributed by atoms with Crippen LogP contribution in [0.15, 0.2) is 12.3 Å². The Morgan fingerprint density at radius 3 is 2.81 bits per heavy atom. The first-order valence-corrected chi connectivity index (χ1v) is 6.49. The lowest BCUT2D eigenvalue weighted by Crippen LogP contribution is -2.52. The number of nitrogens with zero attached hydrogens (tertiary/aromatic N) is 1. The molecule has 1 heterocycles. The van der Waals surface area contributed by atoms with E-state index in [2.05, 4.69) is 5.32 Å². The first-order valence-electron chi connectivity index (χ1n) is 4.76. The molecule has 8 heteroatoms. The average molecular weight is 248 g/mol. The molecule has 1 saturated heterocycles. The molecular formula is C8H13N2O5P-2. The predicted molar refractivity (Wildman–Crippen MR) is 51.9 cm³/mol. The molecule has 0 amide bonds. The summed E-state index contributed by atoms with van der Waals surface area (Å²) in [6.45, 7) is 1.35. The molecule has 0 aliphatic carbocycles. The van der Waals surface area contributed by atoms with E-state index in [1.54, 1.807) is 4.90 Å². The number of carbonyl (C=O) groups is 1. The first-order chi connectivity index (χ1) is 7.38. The predicted octanol–water partition coefficient (Wildman–Crippen LogP) is -3.30. The van der Waals surface area contributed by atoms with Gasteiger partial charge in [0.1, 0.15) is 6.04 Å². The topological polar surface area (TPSA) is 122 Å². The zero-order chi connectivity index (χ0) is 12.2. The second-order valence-electron chi connectivity index (χ2n) is 3.52. The van der Waals surface area contributed by atoms with Gasteiger partial charge < -0.3 is 30.0 Å². The van der Waals surface area contributed by atoms with E-state index in [-0.39, 0.29) is 6.54 Å². The van der Waals surface area contributed by atoms with Crippen molar-refractivity contribution in [3.8, 4) is 0 Å². The van der Waals surface area contributed by atoms with Crippen molar-refractivity contribution in [1.29, 1.82) is 0 Å². The van der Waals surface area contributed by atoms with Crippen molar-refractivity contribution in [3.63, 3.8) is 0 Å². The quantitative estimate of drug-likeness (QED) is 0.500. The standard InChI is InChI=1S/C8H15N2O5P/c11-8(12)7-6-10(4-2-9-7)3-1-5-16(13,14)15/h1,3,7,9H,2,4-6H2,(H,11,12)(H2,13,14,15)/p-2/b3-1+. The van der Waals surface area contributed by atoms with Crippen LogP contribution in [0.1, 0.15) is 0 Å². The van der Waals surface area contributed by atoms with Crippen molar-refractivity contribution in [1.82, 2.24) is 10.2 Å². The molecule has 7 nitrogen and oxygen atoms in total. The average Bonchev–Trinajstić information content (AvgIpc) is 2.16. The van der Waals surface area contributed by atoms with E-state index in [1.165, 1.54) is 12.3 Å². The summed E-state index contributed by atoms with van der Waals surface area (Å²) in [5.41, 5.74) is 0. The van der Waals surface area contributed by atoms with Gasteiger partial charge >= 0.3 is 5.97 Å². The second kappa shape index (κ2) is 5.56. The van der Waals surface area contributed by atoms with Gasteiger partial charge in [-0.1, -0.05) is 0 Å². The minimum absolute atomic E-state index is 0.258. The Kier molecular flexibility index (Phi) is 4.64. The molecular weight excluding hydrogens is 235 g/mol. The normalized spacial score (nSPS) is 22.7. The van der Waals surface area contributed by atoms with Crippen molar-refractivity contribution in [2.45, 2.75) is 6.04 Å². The number of hydrogen-bond donors (Lipinski definition) is 2. The van der Waals surface area contributed by atoms with Crippen LogP contribution in [0.4, 0.5) is 0 Å². The molecule has 0 radical (unpaired) electrons. The van der Waals surface area contributed by atoms with E-state index in [0.29, 0.717) is 13.1 Å². The van der Waals surface area contributed by atoms with Crippen molar-refractivity contribution >= 4 is 13.9 Å². The van der Waals surface area contributed by atoms with Crippen LogP contribution in [0, 0.1) is 0 Å². The van der Waals surface area contributed by atoms with Crippen molar-refractivity contribution < 1.29 is 24.6 Å². The number of rotatable bonds is 4. The van der Waals surface area contributed by atoms with Crippen LogP contribution >= 0.6 is 7.94 Å². The summed E-state index contributed by atoms with van der Waals surface area (Å²) < 4.78 is 0. The van der Waals surface area contributed by atoms with Crippen LogP contribution in [0.5, 0.6) is 0 Å². The number of nitrogens with one attached hydrogen (secondary N) is 1. The number of carboxylic acids is 1. The Balaban J connectivity index is 2.40. The number of piperazine rings is 1. The molecule has 1 aliphatic heterocycles. The maximum Gasteiger partial charge on any atom is 0.322 e. The Labute approximate surface area is 93.6 Å². The molecule has 1 aliphatic rings. The van der Waals surface area contributed by atoms with Gasteiger partial charge in [-0.25, -0.2) is 0 Å². The summed E-state index contributed by atoms with van der Waals surface area (Å²) >= 11 is 0. The molecule has 1 atom stereocenters. The Hall–Kier alpha value is -0.720.